The van der Waals surface area contributed by atoms with Gasteiger partial charge in [0.05, 0.1) is 17.3 Å². The molecule has 0 radical (unpaired) electrons. The molecular weight excluding hydrogens is 396 g/mol. The van der Waals surface area contributed by atoms with Crippen molar-refractivity contribution in [3.8, 4) is 5.75 Å². The molecule has 1 heterocycles. The molecule has 0 atom stereocenters. The number of benzene rings is 2. The number of anilines is 1. The molecule has 1 N–H and O–H groups in total. The van der Waals surface area contributed by atoms with Crippen molar-refractivity contribution in [2.24, 2.45) is 0 Å². The summed E-state index contributed by atoms with van der Waals surface area (Å²) >= 11 is 11.5. The third-order valence-electron chi connectivity index (χ3n) is 4.49. The second-order valence-corrected chi connectivity index (χ2v) is 7.09. The number of nitrogens with one attached hydrogen (secondary N) is 1. The number of thiocarbonyl (C=S) groups is 1. The quantitative estimate of drug-likeness (QED) is 0.463. The van der Waals surface area contributed by atoms with Gasteiger partial charge < -0.3 is 4.74 Å². The van der Waals surface area contributed by atoms with Gasteiger partial charge in [-0.15, -0.1) is 0 Å². The minimum Gasteiger partial charge on any atom is -0.492 e. The molecule has 2 aromatic rings. The Morgan fingerprint density at radius 3 is 2.64 bits per heavy atom. The molecule has 0 bridgehead atoms. The maximum Gasteiger partial charge on any atom is 0.270 e. The van der Waals surface area contributed by atoms with Gasteiger partial charge in [0.1, 0.15) is 11.3 Å². The van der Waals surface area contributed by atoms with E-state index in [1.165, 1.54) is 11.0 Å². The molecule has 1 aliphatic heterocycles. The fraction of sp³-hybridized carbons (Fsp3) is 0.190. The SMILES string of the molecule is CCOc1ccc(C=C2C(=O)NC(=S)N(c3cccc(C)c3C)C2=O)cc1Cl. The smallest absolute Gasteiger partial charge is 0.270 e. The molecule has 144 valence electrons. The minimum atomic E-state index is -0.540. The van der Waals surface area contributed by atoms with Crippen LogP contribution in [0.4, 0.5) is 5.69 Å². The molecule has 1 fully saturated rings. The van der Waals surface area contributed by atoms with Gasteiger partial charge in [0.25, 0.3) is 11.8 Å². The lowest BCUT2D eigenvalue weighted by Crippen LogP contribution is -2.54. The lowest BCUT2D eigenvalue weighted by Gasteiger charge is -2.30. The number of rotatable bonds is 4. The van der Waals surface area contributed by atoms with Crippen LogP contribution < -0.4 is 15.0 Å². The summed E-state index contributed by atoms with van der Waals surface area (Å²) in [6.45, 7) is 6.21. The Morgan fingerprint density at radius 1 is 1.21 bits per heavy atom. The Morgan fingerprint density at radius 2 is 1.96 bits per heavy atom. The van der Waals surface area contributed by atoms with Gasteiger partial charge in [0, 0.05) is 0 Å². The van der Waals surface area contributed by atoms with E-state index in [-0.39, 0.29) is 10.7 Å². The molecule has 1 aliphatic rings. The van der Waals surface area contributed by atoms with Crippen LogP contribution in [0.1, 0.15) is 23.6 Å². The van der Waals surface area contributed by atoms with Crippen molar-refractivity contribution in [3.63, 3.8) is 0 Å². The van der Waals surface area contributed by atoms with Crippen molar-refractivity contribution >= 4 is 52.5 Å². The molecule has 0 saturated carbocycles. The highest BCUT2D eigenvalue weighted by atomic mass is 35.5. The van der Waals surface area contributed by atoms with E-state index in [2.05, 4.69) is 5.32 Å². The fourth-order valence-electron chi connectivity index (χ4n) is 2.90. The third kappa shape index (κ3) is 3.79. The van der Waals surface area contributed by atoms with E-state index < -0.39 is 11.8 Å². The maximum absolute atomic E-state index is 13.1. The van der Waals surface area contributed by atoms with Gasteiger partial charge in [-0.25, -0.2) is 0 Å². The zero-order valence-corrected chi connectivity index (χ0v) is 17.3. The normalized spacial score (nSPS) is 15.8. The standard InChI is InChI=1S/C21H19ClN2O3S/c1-4-27-18-9-8-14(11-16(18)22)10-15-19(25)23-21(28)24(20(15)26)17-7-5-6-12(2)13(17)3/h5-11H,4H2,1-3H3,(H,23,25,28). The lowest BCUT2D eigenvalue weighted by atomic mass is 10.0. The predicted octanol–water partition coefficient (Wildman–Crippen LogP) is 4.19. The first-order valence-corrected chi connectivity index (χ1v) is 9.52. The molecule has 0 spiro atoms. The predicted molar refractivity (Wildman–Crippen MR) is 115 cm³/mol. The average Bonchev–Trinajstić information content (AvgIpc) is 2.64. The van der Waals surface area contributed by atoms with Crippen LogP contribution in [0.5, 0.6) is 5.75 Å². The highest BCUT2D eigenvalue weighted by molar-refractivity contribution is 7.80. The first-order chi connectivity index (χ1) is 13.3. The van der Waals surface area contributed by atoms with E-state index in [0.29, 0.717) is 28.6 Å². The molecule has 1 saturated heterocycles. The molecular formula is C21H19ClN2O3S. The van der Waals surface area contributed by atoms with Crippen LogP contribution in [0.15, 0.2) is 42.0 Å². The summed E-state index contributed by atoms with van der Waals surface area (Å²) in [5.41, 5.74) is 3.17. The summed E-state index contributed by atoms with van der Waals surface area (Å²) in [4.78, 5) is 26.9. The summed E-state index contributed by atoms with van der Waals surface area (Å²) in [5, 5.41) is 3.06. The van der Waals surface area contributed by atoms with Gasteiger partial charge >= 0.3 is 0 Å². The first kappa shape index (κ1) is 20.0. The van der Waals surface area contributed by atoms with Crippen LogP contribution in [0.3, 0.4) is 0 Å². The molecule has 7 heteroatoms. The molecule has 0 aromatic heterocycles. The maximum atomic E-state index is 13.1. The third-order valence-corrected chi connectivity index (χ3v) is 5.07. The van der Waals surface area contributed by atoms with Gasteiger partial charge in [0.15, 0.2) is 5.11 Å². The zero-order valence-electron chi connectivity index (χ0n) is 15.7. The van der Waals surface area contributed by atoms with Crippen molar-refractivity contribution < 1.29 is 14.3 Å². The molecule has 2 aromatic carbocycles. The second kappa shape index (κ2) is 8.12. The Labute approximate surface area is 173 Å². The van der Waals surface area contributed by atoms with E-state index in [4.69, 9.17) is 28.6 Å². The topological polar surface area (TPSA) is 58.6 Å². The zero-order chi connectivity index (χ0) is 20.4. The average molecular weight is 415 g/mol. The van der Waals surface area contributed by atoms with Crippen LogP contribution in [0.2, 0.25) is 5.02 Å². The number of carbonyl (C=O) groups excluding carboxylic acids is 2. The van der Waals surface area contributed by atoms with Crippen molar-refractivity contribution in [1.82, 2.24) is 5.32 Å². The van der Waals surface area contributed by atoms with E-state index in [0.717, 1.165) is 11.1 Å². The molecule has 0 unspecified atom stereocenters. The summed E-state index contributed by atoms with van der Waals surface area (Å²) < 4.78 is 5.41. The van der Waals surface area contributed by atoms with E-state index in [9.17, 15) is 9.59 Å². The first-order valence-electron chi connectivity index (χ1n) is 8.73. The Balaban J connectivity index is 2.01. The number of hydrogen-bond donors (Lipinski definition) is 1. The van der Waals surface area contributed by atoms with E-state index >= 15 is 0 Å². The number of amides is 2. The number of halogens is 1. The highest BCUT2D eigenvalue weighted by Crippen LogP contribution is 2.29. The summed E-state index contributed by atoms with van der Waals surface area (Å²) in [6, 6.07) is 10.7. The summed E-state index contributed by atoms with van der Waals surface area (Å²) in [7, 11) is 0. The summed E-state index contributed by atoms with van der Waals surface area (Å²) in [5.74, 6) is -0.474. The Hall–Kier alpha value is -2.70. The molecule has 5 nitrogen and oxygen atoms in total. The van der Waals surface area contributed by atoms with Crippen molar-refractivity contribution in [2.75, 3.05) is 11.5 Å². The van der Waals surface area contributed by atoms with Crippen molar-refractivity contribution in [3.05, 3.63) is 63.7 Å². The number of hydrogen-bond acceptors (Lipinski definition) is 4. The van der Waals surface area contributed by atoms with Gasteiger partial charge in [-0.2, -0.15) is 0 Å². The van der Waals surface area contributed by atoms with Gasteiger partial charge in [-0.05, 0) is 74.0 Å². The number of carbonyl (C=O) groups is 2. The van der Waals surface area contributed by atoms with Crippen LogP contribution in [-0.2, 0) is 9.59 Å². The number of nitrogens with zero attached hydrogens (tertiary/aromatic N) is 1. The highest BCUT2D eigenvalue weighted by Gasteiger charge is 2.35. The van der Waals surface area contributed by atoms with Crippen molar-refractivity contribution in [1.29, 1.82) is 0 Å². The van der Waals surface area contributed by atoms with Crippen LogP contribution in [0, 0.1) is 13.8 Å². The largest absolute Gasteiger partial charge is 0.492 e. The number of aryl methyl sites for hydroxylation is 1. The monoisotopic (exact) mass is 414 g/mol. The molecule has 3 rings (SSSR count). The Bertz CT molecular complexity index is 1020. The molecule has 2 amide bonds. The fourth-order valence-corrected chi connectivity index (χ4v) is 3.42. The molecule has 0 aliphatic carbocycles. The Kier molecular flexibility index (Phi) is 5.82. The van der Waals surface area contributed by atoms with E-state index in [1.54, 1.807) is 24.3 Å². The van der Waals surface area contributed by atoms with Crippen LogP contribution in [-0.4, -0.2) is 23.5 Å². The lowest BCUT2D eigenvalue weighted by molar-refractivity contribution is -0.122. The van der Waals surface area contributed by atoms with Gasteiger partial charge in [-0.1, -0.05) is 29.8 Å². The second-order valence-electron chi connectivity index (χ2n) is 6.30. The summed E-state index contributed by atoms with van der Waals surface area (Å²) in [6.07, 6.45) is 1.50. The van der Waals surface area contributed by atoms with E-state index in [1.807, 2.05) is 32.9 Å². The minimum absolute atomic E-state index is 0.0188. The van der Waals surface area contributed by atoms with Crippen LogP contribution >= 0.6 is 23.8 Å². The van der Waals surface area contributed by atoms with Gasteiger partial charge in [-0.3, -0.25) is 19.8 Å². The van der Waals surface area contributed by atoms with Crippen molar-refractivity contribution in [2.45, 2.75) is 20.8 Å². The number of ether oxygens (including phenoxy) is 1. The van der Waals surface area contributed by atoms with Gasteiger partial charge in [0.2, 0.25) is 0 Å². The molecule has 28 heavy (non-hydrogen) atoms. The van der Waals surface area contributed by atoms with Crippen LogP contribution in [0.25, 0.3) is 6.08 Å².